The zero-order chi connectivity index (χ0) is 15.2. The van der Waals surface area contributed by atoms with Crippen molar-refractivity contribution < 1.29 is 9.53 Å². The van der Waals surface area contributed by atoms with Gasteiger partial charge in [0, 0.05) is 0 Å². The Morgan fingerprint density at radius 2 is 2.00 bits per heavy atom. The minimum absolute atomic E-state index is 0.292. The number of aryl methyl sites for hydroxylation is 1. The van der Waals surface area contributed by atoms with Crippen molar-refractivity contribution in [3.05, 3.63) is 59.7 Å². The molecular formula is C17H16N2O2. The summed E-state index contributed by atoms with van der Waals surface area (Å²) in [6.45, 7) is 3.63. The first-order chi connectivity index (χ1) is 10.1. The zero-order valence-electron chi connectivity index (χ0n) is 12.0. The second-order valence-electron chi connectivity index (χ2n) is 4.72. The highest BCUT2D eigenvalue weighted by molar-refractivity contribution is 5.95. The first-order valence-electron chi connectivity index (χ1n) is 6.63. The second-order valence-corrected chi connectivity index (χ2v) is 4.72. The first kappa shape index (κ1) is 14.6. The minimum atomic E-state index is -0.654. The highest BCUT2D eigenvalue weighted by Gasteiger charge is 2.16. The summed E-state index contributed by atoms with van der Waals surface area (Å²) in [6, 6.07) is 16.4. The number of benzene rings is 2. The summed E-state index contributed by atoms with van der Waals surface area (Å²) in [6.07, 6.45) is -0.654. The van der Waals surface area contributed by atoms with Gasteiger partial charge in [-0.05, 0) is 43.7 Å². The Labute approximate surface area is 124 Å². The summed E-state index contributed by atoms with van der Waals surface area (Å²) in [5, 5.41) is 11.7. The molecule has 2 aromatic rings. The van der Waals surface area contributed by atoms with Gasteiger partial charge in [-0.2, -0.15) is 5.26 Å². The number of anilines is 1. The number of ether oxygens (including phenoxy) is 1. The molecule has 1 unspecified atom stereocenters. The summed E-state index contributed by atoms with van der Waals surface area (Å²) in [5.74, 6) is 0.352. The number of rotatable bonds is 4. The highest BCUT2D eigenvalue weighted by atomic mass is 16.5. The van der Waals surface area contributed by atoms with Crippen molar-refractivity contribution in [3.8, 4) is 11.8 Å². The molecule has 0 bridgehead atoms. The van der Waals surface area contributed by atoms with Crippen molar-refractivity contribution in [1.29, 1.82) is 5.26 Å². The average molecular weight is 280 g/mol. The van der Waals surface area contributed by atoms with E-state index in [0.29, 0.717) is 17.0 Å². The molecule has 0 aliphatic carbocycles. The molecule has 21 heavy (non-hydrogen) atoms. The van der Waals surface area contributed by atoms with E-state index in [4.69, 9.17) is 10.00 Å². The topological polar surface area (TPSA) is 62.1 Å². The molecule has 0 fully saturated rings. The van der Waals surface area contributed by atoms with Crippen molar-refractivity contribution in [2.24, 2.45) is 0 Å². The maximum absolute atomic E-state index is 12.1. The lowest BCUT2D eigenvalue weighted by atomic mass is 10.2. The van der Waals surface area contributed by atoms with Gasteiger partial charge in [0.2, 0.25) is 0 Å². The Kier molecular flexibility index (Phi) is 4.57. The van der Waals surface area contributed by atoms with Gasteiger partial charge in [0.05, 0.1) is 11.3 Å². The number of hydrogen-bond donors (Lipinski definition) is 1. The number of carbonyl (C=O) groups excluding carboxylic acids is 1. The predicted molar refractivity (Wildman–Crippen MR) is 81.1 cm³/mol. The van der Waals surface area contributed by atoms with Gasteiger partial charge in [0.1, 0.15) is 11.8 Å². The van der Waals surface area contributed by atoms with Gasteiger partial charge in [0.25, 0.3) is 5.91 Å². The number of hydrogen-bond acceptors (Lipinski definition) is 3. The van der Waals surface area contributed by atoms with Crippen LogP contribution in [0.3, 0.4) is 0 Å². The first-order valence-corrected chi connectivity index (χ1v) is 6.63. The Morgan fingerprint density at radius 1 is 1.24 bits per heavy atom. The zero-order valence-corrected chi connectivity index (χ0v) is 12.0. The summed E-state index contributed by atoms with van der Waals surface area (Å²) in [7, 11) is 0. The van der Waals surface area contributed by atoms with Crippen LogP contribution in [0, 0.1) is 18.3 Å². The summed E-state index contributed by atoms with van der Waals surface area (Å²) < 4.78 is 5.61. The van der Waals surface area contributed by atoms with E-state index in [-0.39, 0.29) is 5.91 Å². The van der Waals surface area contributed by atoms with Crippen LogP contribution in [0.1, 0.15) is 18.1 Å². The highest BCUT2D eigenvalue weighted by Crippen LogP contribution is 2.17. The summed E-state index contributed by atoms with van der Waals surface area (Å²) in [4.78, 5) is 12.1. The van der Waals surface area contributed by atoms with Crippen molar-refractivity contribution >= 4 is 11.6 Å². The molecule has 0 aliphatic heterocycles. The Balaban J connectivity index is 2.05. The van der Waals surface area contributed by atoms with Crippen LogP contribution in [-0.4, -0.2) is 12.0 Å². The van der Waals surface area contributed by atoms with Crippen LogP contribution in [0.15, 0.2) is 48.5 Å². The summed E-state index contributed by atoms with van der Waals surface area (Å²) in [5.41, 5.74) is 1.98. The molecule has 0 saturated heterocycles. The van der Waals surface area contributed by atoms with Crippen molar-refractivity contribution in [3.63, 3.8) is 0 Å². The normalized spacial score (nSPS) is 11.3. The van der Waals surface area contributed by atoms with E-state index in [9.17, 15) is 4.79 Å². The molecule has 4 heteroatoms. The maximum atomic E-state index is 12.1. The van der Waals surface area contributed by atoms with E-state index in [2.05, 4.69) is 5.32 Å². The fourth-order valence-corrected chi connectivity index (χ4v) is 1.87. The van der Waals surface area contributed by atoms with E-state index in [1.54, 1.807) is 37.3 Å². The third-order valence-electron chi connectivity index (χ3n) is 2.98. The lowest BCUT2D eigenvalue weighted by Gasteiger charge is -2.15. The van der Waals surface area contributed by atoms with Crippen LogP contribution in [0.5, 0.6) is 5.75 Å². The molecule has 2 aromatic carbocycles. The number of carbonyl (C=O) groups is 1. The van der Waals surface area contributed by atoms with Crippen molar-refractivity contribution in [2.75, 3.05) is 5.32 Å². The van der Waals surface area contributed by atoms with E-state index in [1.807, 2.05) is 31.2 Å². The van der Waals surface area contributed by atoms with E-state index < -0.39 is 6.10 Å². The maximum Gasteiger partial charge on any atom is 0.265 e. The van der Waals surface area contributed by atoms with Crippen LogP contribution >= 0.6 is 0 Å². The van der Waals surface area contributed by atoms with Crippen LogP contribution in [-0.2, 0) is 4.79 Å². The third-order valence-corrected chi connectivity index (χ3v) is 2.98. The number of para-hydroxylation sites is 1. The molecule has 0 aliphatic rings. The van der Waals surface area contributed by atoms with Crippen molar-refractivity contribution in [2.45, 2.75) is 20.0 Å². The molecule has 106 valence electrons. The molecule has 0 heterocycles. The van der Waals surface area contributed by atoms with Crippen LogP contribution in [0.2, 0.25) is 0 Å². The SMILES string of the molecule is Cc1cccc(OC(C)C(=O)Nc2ccccc2C#N)c1. The number of amides is 1. The number of nitrogens with one attached hydrogen (secondary N) is 1. The molecule has 0 radical (unpaired) electrons. The Bertz CT molecular complexity index is 689. The third kappa shape index (κ3) is 3.83. The van der Waals surface area contributed by atoms with E-state index >= 15 is 0 Å². The van der Waals surface area contributed by atoms with E-state index in [0.717, 1.165) is 5.56 Å². The molecule has 2 rings (SSSR count). The fourth-order valence-electron chi connectivity index (χ4n) is 1.87. The summed E-state index contributed by atoms with van der Waals surface area (Å²) >= 11 is 0. The number of nitriles is 1. The average Bonchev–Trinajstić information content (AvgIpc) is 2.47. The van der Waals surface area contributed by atoms with Crippen molar-refractivity contribution in [1.82, 2.24) is 0 Å². The van der Waals surface area contributed by atoms with Crippen LogP contribution in [0.25, 0.3) is 0 Å². The van der Waals surface area contributed by atoms with E-state index in [1.165, 1.54) is 0 Å². The van der Waals surface area contributed by atoms with Gasteiger partial charge in [-0.25, -0.2) is 0 Å². The molecule has 1 N–H and O–H groups in total. The second kappa shape index (κ2) is 6.58. The van der Waals surface area contributed by atoms with Crippen LogP contribution < -0.4 is 10.1 Å². The largest absolute Gasteiger partial charge is 0.481 e. The number of nitrogens with zero attached hydrogens (tertiary/aromatic N) is 1. The van der Waals surface area contributed by atoms with Gasteiger partial charge in [-0.3, -0.25) is 4.79 Å². The standard InChI is InChI=1S/C17H16N2O2/c1-12-6-5-8-15(10-12)21-13(2)17(20)19-16-9-4-3-7-14(16)11-18/h3-10,13H,1-2H3,(H,19,20). The van der Waals surface area contributed by atoms with Gasteiger partial charge in [0.15, 0.2) is 6.10 Å². The lowest BCUT2D eigenvalue weighted by Crippen LogP contribution is -2.30. The van der Waals surface area contributed by atoms with Gasteiger partial charge < -0.3 is 10.1 Å². The molecule has 1 atom stereocenters. The Morgan fingerprint density at radius 3 is 2.71 bits per heavy atom. The molecular weight excluding hydrogens is 264 g/mol. The smallest absolute Gasteiger partial charge is 0.265 e. The molecule has 0 saturated carbocycles. The van der Waals surface area contributed by atoms with Crippen LogP contribution in [0.4, 0.5) is 5.69 Å². The molecule has 4 nitrogen and oxygen atoms in total. The molecule has 0 spiro atoms. The predicted octanol–water partition coefficient (Wildman–Crippen LogP) is 3.27. The monoisotopic (exact) mass is 280 g/mol. The van der Waals surface area contributed by atoms with Gasteiger partial charge in [-0.1, -0.05) is 24.3 Å². The lowest BCUT2D eigenvalue weighted by molar-refractivity contribution is -0.122. The van der Waals surface area contributed by atoms with Gasteiger partial charge in [-0.15, -0.1) is 0 Å². The minimum Gasteiger partial charge on any atom is -0.481 e. The van der Waals surface area contributed by atoms with Gasteiger partial charge >= 0.3 is 0 Å². The fraction of sp³-hybridized carbons (Fsp3) is 0.176. The molecule has 0 aromatic heterocycles. The molecule has 1 amide bonds. The quantitative estimate of drug-likeness (QED) is 0.935. The Hall–Kier alpha value is -2.80.